The minimum atomic E-state index is -3.49. The minimum absolute atomic E-state index is 0.212. The van der Waals surface area contributed by atoms with Crippen LogP contribution < -0.4 is 0 Å². The molecule has 0 aliphatic heterocycles. The van der Waals surface area contributed by atoms with Gasteiger partial charge in [0.25, 0.3) is 10.1 Å². The number of hydrogen-bond acceptors (Lipinski definition) is 3. The molecule has 0 bridgehead atoms. The van der Waals surface area contributed by atoms with E-state index in [9.17, 15) is 8.42 Å². The molecule has 1 aliphatic rings. The van der Waals surface area contributed by atoms with E-state index in [2.05, 4.69) is 0 Å². The molecule has 0 saturated heterocycles. The van der Waals surface area contributed by atoms with Crippen molar-refractivity contribution in [3.8, 4) is 0 Å². The Bertz CT molecular complexity index is 503. The van der Waals surface area contributed by atoms with Crippen molar-refractivity contribution < 1.29 is 12.6 Å². The van der Waals surface area contributed by atoms with Gasteiger partial charge in [-0.25, -0.2) is 0 Å². The summed E-state index contributed by atoms with van der Waals surface area (Å²) < 4.78 is 28.8. The van der Waals surface area contributed by atoms with Crippen LogP contribution in [0.5, 0.6) is 0 Å². The predicted octanol–water partition coefficient (Wildman–Crippen LogP) is 3.03. The van der Waals surface area contributed by atoms with Gasteiger partial charge in [-0.15, -0.1) is 0 Å². The first kappa shape index (κ1) is 13.3. The minimum Gasteiger partial charge on any atom is -0.266 e. The summed E-state index contributed by atoms with van der Waals surface area (Å²) in [5, 5.41) is 0. The Morgan fingerprint density at radius 3 is 2.56 bits per heavy atom. The molecule has 4 heteroatoms. The Morgan fingerprint density at radius 1 is 1.11 bits per heavy atom. The molecule has 0 atom stereocenters. The monoisotopic (exact) mass is 266 g/mol. The first-order valence-corrected chi connectivity index (χ1v) is 7.72. The molecule has 3 nitrogen and oxygen atoms in total. The van der Waals surface area contributed by atoms with E-state index in [4.69, 9.17) is 4.18 Å². The van der Waals surface area contributed by atoms with Crippen LogP contribution >= 0.6 is 0 Å². The van der Waals surface area contributed by atoms with Crippen molar-refractivity contribution in [2.45, 2.75) is 32.1 Å². The third kappa shape index (κ3) is 3.68. The summed E-state index contributed by atoms with van der Waals surface area (Å²) in [4.78, 5) is 0.460. The third-order valence-corrected chi connectivity index (χ3v) is 4.53. The van der Waals surface area contributed by atoms with Crippen LogP contribution in [0.4, 0.5) is 0 Å². The van der Waals surface area contributed by atoms with Gasteiger partial charge >= 0.3 is 0 Å². The summed E-state index contributed by atoms with van der Waals surface area (Å²) in [6.45, 7) is 0.212. The van der Waals surface area contributed by atoms with Gasteiger partial charge in [-0.2, -0.15) is 8.42 Å². The smallest absolute Gasteiger partial charge is 0.266 e. The molecule has 0 saturated carbocycles. The molecule has 0 amide bonds. The topological polar surface area (TPSA) is 43.4 Å². The van der Waals surface area contributed by atoms with Gasteiger partial charge in [-0.05, 0) is 37.7 Å². The second-order valence-electron chi connectivity index (χ2n) is 4.43. The molecule has 18 heavy (non-hydrogen) atoms. The molecule has 0 N–H and O–H groups in total. The zero-order chi connectivity index (χ0) is 12.8. The maximum absolute atomic E-state index is 11.9. The average Bonchev–Trinajstić information content (AvgIpc) is 2.41. The van der Waals surface area contributed by atoms with Gasteiger partial charge in [0.05, 0.1) is 11.5 Å². The second-order valence-corrected chi connectivity index (χ2v) is 6.10. The summed E-state index contributed by atoms with van der Waals surface area (Å²) >= 11 is 0. The average molecular weight is 266 g/mol. The van der Waals surface area contributed by atoms with E-state index in [1.165, 1.54) is 0 Å². The van der Waals surface area contributed by atoms with Crippen molar-refractivity contribution in [3.63, 3.8) is 0 Å². The molecule has 1 aromatic rings. The van der Waals surface area contributed by atoms with E-state index in [-0.39, 0.29) is 6.61 Å². The maximum Gasteiger partial charge on any atom is 0.292 e. The van der Waals surface area contributed by atoms with Crippen LogP contribution in [0.3, 0.4) is 0 Å². The fourth-order valence-corrected chi connectivity index (χ4v) is 3.20. The lowest BCUT2D eigenvalue weighted by molar-refractivity contribution is 0.325. The fourth-order valence-electron chi connectivity index (χ4n) is 2.03. The zero-order valence-corrected chi connectivity index (χ0v) is 11.2. The van der Waals surface area contributed by atoms with Gasteiger partial charge in [0.1, 0.15) is 0 Å². The lowest BCUT2D eigenvalue weighted by Crippen LogP contribution is -2.12. The van der Waals surface area contributed by atoms with Crippen LogP contribution in [-0.2, 0) is 20.7 Å². The Kier molecular flexibility index (Phi) is 4.55. The van der Waals surface area contributed by atoms with Gasteiger partial charge in [0.15, 0.2) is 0 Å². The number of rotatable bonds is 5. The SMILES string of the molecule is O=S(=O)(OCCc1ccccc1)C1=CCCCC1. The lowest BCUT2D eigenvalue weighted by Gasteiger charge is -2.13. The normalized spacial score (nSPS) is 16.3. The highest BCUT2D eigenvalue weighted by Gasteiger charge is 2.19. The molecule has 2 rings (SSSR count). The van der Waals surface area contributed by atoms with Crippen LogP contribution in [0.25, 0.3) is 0 Å². The van der Waals surface area contributed by atoms with Crippen LogP contribution in [0.2, 0.25) is 0 Å². The predicted molar refractivity (Wildman–Crippen MR) is 71.6 cm³/mol. The Morgan fingerprint density at radius 2 is 1.89 bits per heavy atom. The van der Waals surface area contributed by atoms with Crippen molar-refractivity contribution in [1.82, 2.24) is 0 Å². The van der Waals surface area contributed by atoms with Gasteiger partial charge in [-0.3, -0.25) is 4.18 Å². The molecule has 0 spiro atoms. The molecule has 0 unspecified atom stereocenters. The largest absolute Gasteiger partial charge is 0.292 e. The van der Waals surface area contributed by atoms with E-state index < -0.39 is 10.1 Å². The summed E-state index contributed by atoms with van der Waals surface area (Å²) in [5.74, 6) is 0. The summed E-state index contributed by atoms with van der Waals surface area (Å²) in [6.07, 6.45) is 5.88. The molecule has 0 radical (unpaired) electrons. The van der Waals surface area contributed by atoms with Crippen molar-refractivity contribution in [2.24, 2.45) is 0 Å². The van der Waals surface area contributed by atoms with Crippen LogP contribution in [0, 0.1) is 0 Å². The Balaban J connectivity index is 1.88. The van der Waals surface area contributed by atoms with Crippen molar-refractivity contribution in [2.75, 3.05) is 6.61 Å². The highest BCUT2D eigenvalue weighted by Crippen LogP contribution is 2.23. The van der Waals surface area contributed by atoms with E-state index in [0.717, 1.165) is 24.8 Å². The lowest BCUT2D eigenvalue weighted by atomic mass is 10.1. The van der Waals surface area contributed by atoms with Gasteiger partial charge < -0.3 is 0 Å². The summed E-state index contributed by atoms with van der Waals surface area (Å²) in [5.41, 5.74) is 1.09. The van der Waals surface area contributed by atoms with Crippen molar-refractivity contribution >= 4 is 10.1 Å². The third-order valence-electron chi connectivity index (χ3n) is 3.04. The van der Waals surface area contributed by atoms with E-state index >= 15 is 0 Å². The van der Waals surface area contributed by atoms with Crippen molar-refractivity contribution in [1.29, 1.82) is 0 Å². The van der Waals surface area contributed by atoms with Gasteiger partial charge in [0.2, 0.25) is 0 Å². The molecule has 1 aliphatic carbocycles. The van der Waals surface area contributed by atoms with Gasteiger partial charge in [-0.1, -0.05) is 36.4 Å². The Hall–Kier alpha value is -1.13. The van der Waals surface area contributed by atoms with Crippen LogP contribution in [0.15, 0.2) is 41.3 Å². The van der Waals surface area contributed by atoms with E-state index in [0.29, 0.717) is 17.7 Å². The first-order valence-electron chi connectivity index (χ1n) is 6.31. The zero-order valence-electron chi connectivity index (χ0n) is 10.3. The van der Waals surface area contributed by atoms with Crippen molar-refractivity contribution in [3.05, 3.63) is 46.9 Å². The van der Waals surface area contributed by atoms with E-state index in [1.807, 2.05) is 30.3 Å². The molecular formula is C14H18O3S. The molecule has 1 aromatic carbocycles. The molecular weight excluding hydrogens is 248 g/mol. The van der Waals surface area contributed by atoms with Gasteiger partial charge in [0, 0.05) is 0 Å². The van der Waals surface area contributed by atoms with Crippen LogP contribution in [-0.4, -0.2) is 15.0 Å². The second kappa shape index (κ2) is 6.16. The standard InChI is InChI=1S/C14H18O3S/c15-18(16,14-9-5-2-6-10-14)17-12-11-13-7-3-1-4-8-13/h1,3-4,7-9H,2,5-6,10-12H2. The summed E-state index contributed by atoms with van der Waals surface area (Å²) in [6, 6.07) is 9.75. The quantitative estimate of drug-likeness (QED) is 0.769. The molecule has 0 heterocycles. The summed E-state index contributed by atoms with van der Waals surface area (Å²) in [7, 11) is -3.49. The highest BCUT2D eigenvalue weighted by atomic mass is 32.2. The number of benzene rings is 1. The first-order chi connectivity index (χ1) is 8.68. The van der Waals surface area contributed by atoms with Crippen LogP contribution in [0.1, 0.15) is 31.2 Å². The molecule has 0 aromatic heterocycles. The fraction of sp³-hybridized carbons (Fsp3) is 0.429. The molecule has 0 fully saturated rings. The number of allylic oxidation sites excluding steroid dienone is 2. The highest BCUT2D eigenvalue weighted by molar-refractivity contribution is 7.90. The Labute approximate surface area is 109 Å². The number of hydrogen-bond donors (Lipinski definition) is 0. The maximum atomic E-state index is 11.9. The van der Waals surface area contributed by atoms with E-state index in [1.54, 1.807) is 6.08 Å². The molecule has 98 valence electrons.